The molecule has 0 aromatic carbocycles. The van der Waals surface area contributed by atoms with Crippen LogP contribution >= 0.6 is 11.8 Å². The minimum atomic E-state index is -0.458. The van der Waals surface area contributed by atoms with Crippen LogP contribution in [0.2, 0.25) is 0 Å². The molecule has 1 fully saturated rings. The van der Waals surface area contributed by atoms with E-state index in [2.05, 4.69) is 5.32 Å². The van der Waals surface area contributed by atoms with E-state index in [0.29, 0.717) is 6.42 Å². The molecule has 14 heavy (non-hydrogen) atoms. The Morgan fingerprint density at radius 3 is 2.93 bits per heavy atom. The van der Waals surface area contributed by atoms with Gasteiger partial charge in [-0.3, -0.25) is 4.79 Å². The topological polar surface area (TPSA) is 55.4 Å². The van der Waals surface area contributed by atoms with Crippen molar-refractivity contribution < 1.29 is 14.3 Å². The molecule has 2 unspecified atom stereocenters. The predicted molar refractivity (Wildman–Crippen MR) is 55.1 cm³/mol. The van der Waals surface area contributed by atoms with E-state index < -0.39 is 6.04 Å². The Kier molecular flexibility index (Phi) is 4.25. The van der Waals surface area contributed by atoms with Gasteiger partial charge in [0.1, 0.15) is 12.1 Å². The molecule has 0 radical (unpaired) electrons. The second-order valence-corrected chi connectivity index (χ2v) is 4.34. The van der Waals surface area contributed by atoms with E-state index in [4.69, 9.17) is 4.74 Å². The molecule has 0 aromatic heterocycles. The molecule has 0 bridgehead atoms. The summed E-state index contributed by atoms with van der Waals surface area (Å²) in [7, 11) is 0. The second-order valence-electron chi connectivity index (χ2n) is 3.35. The zero-order valence-corrected chi connectivity index (χ0v) is 9.23. The lowest BCUT2D eigenvalue weighted by Crippen LogP contribution is -2.39. The van der Waals surface area contributed by atoms with Gasteiger partial charge in [0, 0.05) is 0 Å². The Morgan fingerprint density at radius 2 is 2.29 bits per heavy atom. The standard InChI is InChI=1S/C9H15NO3S/c1-6-5-8(11)10-7(3-4-14-2)9(12)13-6/h6-7H,3-5H2,1-2H3,(H,10,11). The van der Waals surface area contributed by atoms with Crippen molar-refractivity contribution in [2.45, 2.75) is 31.9 Å². The number of carbonyl (C=O) groups is 2. The predicted octanol–water partition coefficient (Wildman–Crippen LogP) is 0.560. The largest absolute Gasteiger partial charge is 0.461 e. The van der Waals surface area contributed by atoms with Gasteiger partial charge >= 0.3 is 5.97 Å². The molecule has 1 amide bonds. The van der Waals surface area contributed by atoms with Crippen molar-refractivity contribution in [3.05, 3.63) is 0 Å². The molecular formula is C9H15NO3S. The first-order chi connectivity index (χ1) is 6.63. The van der Waals surface area contributed by atoms with Crippen LogP contribution in [0.1, 0.15) is 19.8 Å². The maximum Gasteiger partial charge on any atom is 0.328 e. The molecule has 4 nitrogen and oxygen atoms in total. The van der Waals surface area contributed by atoms with Gasteiger partial charge in [0.15, 0.2) is 0 Å². The fraction of sp³-hybridized carbons (Fsp3) is 0.778. The summed E-state index contributed by atoms with van der Waals surface area (Å²) in [6, 6.07) is -0.458. The number of amides is 1. The third kappa shape index (κ3) is 3.21. The van der Waals surface area contributed by atoms with Crippen LogP contribution in [0.5, 0.6) is 0 Å². The van der Waals surface area contributed by atoms with Gasteiger partial charge in [-0.15, -0.1) is 0 Å². The Hall–Kier alpha value is -0.710. The summed E-state index contributed by atoms with van der Waals surface area (Å²) in [6.45, 7) is 1.73. The number of cyclic esters (lactones) is 1. The average molecular weight is 217 g/mol. The summed E-state index contributed by atoms with van der Waals surface area (Å²) in [5, 5.41) is 2.67. The zero-order chi connectivity index (χ0) is 10.6. The van der Waals surface area contributed by atoms with E-state index in [1.165, 1.54) is 0 Å². The second kappa shape index (κ2) is 5.24. The van der Waals surface area contributed by atoms with E-state index in [1.54, 1.807) is 18.7 Å². The molecule has 2 atom stereocenters. The van der Waals surface area contributed by atoms with Gasteiger partial charge in [0.25, 0.3) is 0 Å². The third-order valence-corrected chi connectivity index (χ3v) is 2.66. The SMILES string of the molecule is CSCCC1NC(=O)CC(C)OC1=O. The summed E-state index contributed by atoms with van der Waals surface area (Å²) in [5.74, 6) is 0.431. The lowest BCUT2D eigenvalue weighted by atomic mass is 10.2. The van der Waals surface area contributed by atoms with Crippen LogP contribution in [0.15, 0.2) is 0 Å². The monoisotopic (exact) mass is 217 g/mol. The molecule has 1 aliphatic rings. The fourth-order valence-corrected chi connectivity index (χ4v) is 1.79. The highest BCUT2D eigenvalue weighted by molar-refractivity contribution is 7.98. The van der Waals surface area contributed by atoms with Crippen LogP contribution in [0, 0.1) is 0 Å². The highest BCUT2D eigenvalue weighted by atomic mass is 32.2. The number of hydrogen-bond donors (Lipinski definition) is 1. The number of hydrogen-bond acceptors (Lipinski definition) is 4. The number of thioether (sulfide) groups is 1. The molecular weight excluding hydrogens is 202 g/mol. The van der Waals surface area contributed by atoms with E-state index in [-0.39, 0.29) is 24.4 Å². The van der Waals surface area contributed by atoms with Crippen molar-refractivity contribution in [3.8, 4) is 0 Å². The molecule has 1 aliphatic heterocycles. The first kappa shape index (κ1) is 11.4. The number of esters is 1. The molecule has 1 saturated heterocycles. The number of ether oxygens (including phenoxy) is 1. The molecule has 5 heteroatoms. The van der Waals surface area contributed by atoms with Gasteiger partial charge in [-0.1, -0.05) is 0 Å². The minimum absolute atomic E-state index is 0.102. The first-order valence-electron chi connectivity index (χ1n) is 4.62. The molecule has 80 valence electrons. The van der Waals surface area contributed by atoms with E-state index in [9.17, 15) is 9.59 Å². The molecule has 0 aliphatic carbocycles. The molecule has 1 heterocycles. The Bertz CT molecular complexity index is 232. The van der Waals surface area contributed by atoms with Crippen LogP contribution in [-0.4, -0.2) is 36.0 Å². The summed E-state index contributed by atoms with van der Waals surface area (Å²) in [5.41, 5.74) is 0. The smallest absolute Gasteiger partial charge is 0.328 e. The molecule has 1 N–H and O–H groups in total. The Labute approximate surface area is 87.8 Å². The van der Waals surface area contributed by atoms with Crippen molar-refractivity contribution in [2.75, 3.05) is 12.0 Å². The summed E-state index contributed by atoms with van der Waals surface area (Å²) in [6.07, 6.45) is 2.56. The Balaban J connectivity index is 2.55. The van der Waals surface area contributed by atoms with Crippen LogP contribution in [0.4, 0.5) is 0 Å². The summed E-state index contributed by atoms with van der Waals surface area (Å²) < 4.78 is 5.06. The summed E-state index contributed by atoms with van der Waals surface area (Å²) >= 11 is 1.65. The van der Waals surface area contributed by atoms with Gasteiger partial charge in [-0.25, -0.2) is 4.79 Å². The zero-order valence-electron chi connectivity index (χ0n) is 8.41. The van der Waals surface area contributed by atoms with Crippen molar-refractivity contribution in [1.82, 2.24) is 5.32 Å². The lowest BCUT2D eigenvalue weighted by Gasteiger charge is -2.13. The third-order valence-electron chi connectivity index (χ3n) is 2.02. The average Bonchev–Trinajstić information content (AvgIpc) is 2.21. The van der Waals surface area contributed by atoms with Crippen molar-refractivity contribution in [2.24, 2.45) is 0 Å². The van der Waals surface area contributed by atoms with E-state index in [0.717, 1.165) is 5.75 Å². The molecule has 0 spiro atoms. The summed E-state index contributed by atoms with van der Waals surface area (Å²) in [4.78, 5) is 22.7. The maximum atomic E-state index is 11.4. The molecule has 0 saturated carbocycles. The molecule has 1 rings (SSSR count). The van der Waals surface area contributed by atoms with E-state index >= 15 is 0 Å². The van der Waals surface area contributed by atoms with Gasteiger partial charge in [0.05, 0.1) is 6.42 Å². The van der Waals surface area contributed by atoms with E-state index in [1.807, 2.05) is 6.26 Å². The van der Waals surface area contributed by atoms with Crippen molar-refractivity contribution in [3.63, 3.8) is 0 Å². The van der Waals surface area contributed by atoms with Crippen LogP contribution < -0.4 is 5.32 Å². The molecule has 0 aromatic rings. The first-order valence-corrected chi connectivity index (χ1v) is 6.01. The lowest BCUT2D eigenvalue weighted by molar-refractivity contribution is -0.149. The highest BCUT2D eigenvalue weighted by Crippen LogP contribution is 2.10. The minimum Gasteiger partial charge on any atom is -0.461 e. The van der Waals surface area contributed by atoms with Crippen molar-refractivity contribution >= 4 is 23.6 Å². The van der Waals surface area contributed by atoms with Gasteiger partial charge in [0.2, 0.25) is 5.91 Å². The number of rotatable bonds is 3. The highest BCUT2D eigenvalue weighted by Gasteiger charge is 2.28. The van der Waals surface area contributed by atoms with Gasteiger partial charge in [-0.05, 0) is 25.4 Å². The van der Waals surface area contributed by atoms with Gasteiger partial charge in [-0.2, -0.15) is 11.8 Å². The van der Waals surface area contributed by atoms with Crippen LogP contribution in [0.3, 0.4) is 0 Å². The maximum absolute atomic E-state index is 11.4. The quantitative estimate of drug-likeness (QED) is 0.702. The Morgan fingerprint density at radius 1 is 1.57 bits per heavy atom. The number of nitrogens with one attached hydrogen (secondary N) is 1. The van der Waals surface area contributed by atoms with Crippen LogP contribution in [-0.2, 0) is 14.3 Å². The van der Waals surface area contributed by atoms with Gasteiger partial charge < -0.3 is 10.1 Å². The van der Waals surface area contributed by atoms with Crippen LogP contribution in [0.25, 0.3) is 0 Å². The number of carbonyl (C=O) groups excluding carboxylic acids is 2. The van der Waals surface area contributed by atoms with Crippen molar-refractivity contribution in [1.29, 1.82) is 0 Å². The fourth-order valence-electron chi connectivity index (χ4n) is 1.32. The normalized spacial score (nSPS) is 27.9.